The lowest BCUT2D eigenvalue weighted by Gasteiger charge is -2.13. The Bertz CT molecular complexity index is 420. The van der Waals surface area contributed by atoms with Gasteiger partial charge in [0.05, 0.1) is 0 Å². The first-order chi connectivity index (χ1) is 7.16. The van der Waals surface area contributed by atoms with E-state index in [-0.39, 0.29) is 0 Å². The Morgan fingerprint density at radius 1 is 1.19 bits per heavy atom. The molecule has 1 aromatic carbocycles. The average Bonchev–Trinajstić information content (AvgIpc) is 1.97. The third-order valence-electron chi connectivity index (χ3n) is 1.75. The first-order valence-corrected chi connectivity index (χ1v) is 4.56. The molecule has 0 aromatic heterocycles. The van der Waals surface area contributed by atoms with Gasteiger partial charge in [-0.25, -0.2) is 8.78 Å². The highest BCUT2D eigenvalue weighted by Gasteiger charge is 2.40. The maximum atomic E-state index is 13.2. The molecule has 0 spiro atoms. The van der Waals surface area contributed by atoms with Crippen molar-refractivity contribution in [2.75, 3.05) is 0 Å². The Hall–Kier alpha value is -0.665. The minimum Gasteiger partial charge on any atom is -0.423 e. The molecule has 0 atom stereocenters. The predicted octanol–water partition coefficient (Wildman–Crippen LogP) is 1.43. The van der Waals surface area contributed by atoms with Crippen LogP contribution in [0.25, 0.3) is 0 Å². The molecule has 16 heavy (non-hydrogen) atoms. The second-order valence-electron chi connectivity index (χ2n) is 2.81. The van der Waals surface area contributed by atoms with Gasteiger partial charge in [0.25, 0.3) is 0 Å². The van der Waals surface area contributed by atoms with Crippen LogP contribution in [0.3, 0.4) is 0 Å². The molecule has 0 saturated carbocycles. The number of rotatable bonds is 1. The summed E-state index contributed by atoms with van der Waals surface area (Å²) in [5.41, 5.74) is -3.22. The Morgan fingerprint density at radius 3 is 2.06 bits per heavy atom. The monoisotopic (exact) mass is 304 g/mol. The van der Waals surface area contributed by atoms with E-state index < -0.39 is 40.4 Å². The van der Waals surface area contributed by atoms with E-state index in [0.29, 0.717) is 6.07 Å². The van der Waals surface area contributed by atoms with Gasteiger partial charge in [0.1, 0.15) is 17.2 Å². The maximum absolute atomic E-state index is 13.2. The minimum atomic E-state index is -5.25. The van der Waals surface area contributed by atoms with E-state index in [4.69, 9.17) is 10.0 Å². The lowest BCUT2D eigenvalue weighted by molar-refractivity contribution is -0.142. The summed E-state index contributed by atoms with van der Waals surface area (Å²) in [5, 5.41) is 17.3. The molecule has 2 nitrogen and oxygen atoms in total. The first-order valence-electron chi connectivity index (χ1n) is 3.77. The molecule has 0 aliphatic heterocycles. The highest BCUT2D eigenvalue weighted by Crippen LogP contribution is 2.34. The molecule has 0 saturated heterocycles. The SMILES string of the molecule is OB(O)c1c(Br)cc(F)c(C(F)(F)F)c1F. The van der Waals surface area contributed by atoms with Crippen molar-refractivity contribution in [2.24, 2.45) is 0 Å². The molecule has 0 aliphatic rings. The Labute approximate surface area is 95.0 Å². The molecule has 2 N–H and O–H groups in total. The highest BCUT2D eigenvalue weighted by atomic mass is 79.9. The molecule has 0 bridgehead atoms. The molecule has 0 aliphatic carbocycles. The fourth-order valence-corrected chi connectivity index (χ4v) is 1.68. The van der Waals surface area contributed by atoms with Gasteiger partial charge in [0.2, 0.25) is 0 Å². The summed E-state index contributed by atoms with van der Waals surface area (Å²) in [6.07, 6.45) is -5.25. The van der Waals surface area contributed by atoms with Crippen molar-refractivity contribution >= 4 is 28.5 Å². The van der Waals surface area contributed by atoms with Gasteiger partial charge in [0.15, 0.2) is 0 Å². The fraction of sp³-hybridized carbons (Fsp3) is 0.143. The van der Waals surface area contributed by atoms with Crippen molar-refractivity contribution in [3.8, 4) is 0 Å². The molecule has 0 radical (unpaired) electrons. The molecular weight excluding hydrogens is 302 g/mol. The zero-order valence-corrected chi connectivity index (χ0v) is 8.90. The Balaban J connectivity index is 3.58. The highest BCUT2D eigenvalue weighted by molar-refractivity contribution is 9.10. The van der Waals surface area contributed by atoms with Crippen molar-refractivity contribution in [3.63, 3.8) is 0 Å². The summed E-state index contributed by atoms with van der Waals surface area (Å²) >= 11 is 2.53. The van der Waals surface area contributed by atoms with Gasteiger partial charge in [-0.15, -0.1) is 0 Å². The molecular formula is C7H3BBrF5O2. The summed E-state index contributed by atoms with van der Waals surface area (Å²) in [7, 11) is -2.48. The van der Waals surface area contributed by atoms with Crippen molar-refractivity contribution < 1.29 is 32.0 Å². The number of alkyl halides is 3. The van der Waals surface area contributed by atoms with Gasteiger partial charge in [0, 0.05) is 9.94 Å². The van der Waals surface area contributed by atoms with Crippen molar-refractivity contribution in [1.29, 1.82) is 0 Å². The van der Waals surface area contributed by atoms with Gasteiger partial charge in [-0.1, -0.05) is 15.9 Å². The quantitative estimate of drug-likeness (QED) is 0.609. The summed E-state index contributed by atoms with van der Waals surface area (Å²) in [6.45, 7) is 0. The molecule has 0 heterocycles. The summed E-state index contributed by atoms with van der Waals surface area (Å²) in [4.78, 5) is 0. The van der Waals surface area contributed by atoms with Crippen LogP contribution in [-0.4, -0.2) is 17.2 Å². The molecule has 88 valence electrons. The van der Waals surface area contributed by atoms with Gasteiger partial charge in [-0.05, 0) is 6.07 Å². The van der Waals surface area contributed by atoms with Gasteiger partial charge >= 0.3 is 13.3 Å². The van der Waals surface area contributed by atoms with Crippen LogP contribution in [-0.2, 0) is 6.18 Å². The van der Waals surface area contributed by atoms with E-state index in [1.54, 1.807) is 0 Å². The van der Waals surface area contributed by atoms with E-state index in [0.717, 1.165) is 0 Å². The second-order valence-corrected chi connectivity index (χ2v) is 3.67. The van der Waals surface area contributed by atoms with Crippen LogP contribution in [0, 0.1) is 11.6 Å². The number of benzene rings is 1. The summed E-state index contributed by atoms with van der Waals surface area (Å²) in [5.74, 6) is -3.88. The van der Waals surface area contributed by atoms with Crippen LogP contribution in [0.2, 0.25) is 0 Å². The Morgan fingerprint density at radius 2 is 1.69 bits per heavy atom. The van der Waals surface area contributed by atoms with Gasteiger partial charge in [-0.2, -0.15) is 13.2 Å². The largest absolute Gasteiger partial charge is 0.492 e. The molecule has 1 rings (SSSR count). The van der Waals surface area contributed by atoms with Crippen LogP contribution in [0.4, 0.5) is 22.0 Å². The predicted molar refractivity (Wildman–Crippen MR) is 48.9 cm³/mol. The van der Waals surface area contributed by atoms with E-state index in [1.165, 1.54) is 0 Å². The maximum Gasteiger partial charge on any atom is 0.492 e. The zero-order chi connectivity index (χ0) is 12.7. The molecule has 1 aromatic rings. The van der Waals surface area contributed by atoms with Crippen LogP contribution in [0.5, 0.6) is 0 Å². The molecule has 0 fully saturated rings. The lowest BCUT2D eigenvalue weighted by Crippen LogP contribution is -2.36. The van der Waals surface area contributed by atoms with Crippen LogP contribution in [0.15, 0.2) is 10.5 Å². The van der Waals surface area contributed by atoms with E-state index >= 15 is 0 Å². The van der Waals surface area contributed by atoms with Gasteiger partial charge in [-0.3, -0.25) is 0 Å². The number of hydrogen-bond acceptors (Lipinski definition) is 2. The van der Waals surface area contributed by atoms with Crippen molar-refractivity contribution in [3.05, 3.63) is 27.7 Å². The minimum absolute atomic E-state index is 0.320. The third kappa shape index (κ3) is 2.36. The normalized spacial score (nSPS) is 11.8. The van der Waals surface area contributed by atoms with Crippen LogP contribution >= 0.6 is 15.9 Å². The topological polar surface area (TPSA) is 40.5 Å². The summed E-state index contributed by atoms with van der Waals surface area (Å²) < 4.78 is 62.3. The van der Waals surface area contributed by atoms with Crippen molar-refractivity contribution in [2.45, 2.75) is 6.18 Å². The third-order valence-corrected chi connectivity index (χ3v) is 2.40. The summed E-state index contributed by atoms with van der Waals surface area (Å²) in [6, 6.07) is 0.320. The van der Waals surface area contributed by atoms with Crippen LogP contribution in [0.1, 0.15) is 5.56 Å². The van der Waals surface area contributed by atoms with E-state index in [2.05, 4.69) is 15.9 Å². The van der Waals surface area contributed by atoms with E-state index in [1.807, 2.05) is 0 Å². The average molecular weight is 305 g/mol. The second kappa shape index (κ2) is 4.30. The van der Waals surface area contributed by atoms with Gasteiger partial charge < -0.3 is 10.0 Å². The van der Waals surface area contributed by atoms with E-state index in [9.17, 15) is 22.0 Å². The van der Waals surface area contributed by atoms with Crippen molar-refractivity contribution in [1.82, 2.24) is 0 Å². The molecule has 0 unspecified atom stereocenters. The smallest absolute Gasteiger partial charge is 0.423 e. The Kier molecular flexibility index (Phi) is 3.61. The zero-order valence-electron chi connectivity index (χ0n) is 7.32. The van der Waals surface area contributed by atoms with Crippen LogP contribution < -0.4 is 5.46 Å². The fourth-order valence-electron chi connectivity index (χ4n) is 1.10. The first kappa shape index (κ1) is 13.4. The lowest BCUT2D eigenvalue weighted by atomic mass is 9.79. The number of halogens is 6. The molecule has 9 heteroatoms. The molecule has 0 amide bonds. The standard InChI is InChI=1S/C7H3BBrF5O2/c9-2-1-3(10)4(7(12,13)14)6(11)5(2)8(15)16/h1,15-16H. The number of hydrogen-bond donors (Lipinski definition) is 2.